The molecule has 0 aromatic heterocycles. The van der Waals surface area contributed by atoms with E-state index in [0.717, 1.165) is 12.2 Å². The van der Waals surface area contributed by atoms with Gasteiger partial charge in [-0.05, 0) is 36.8 Å². The van der Waals surface area contributed by atoms with Crippen LogP contribution >= 0.6 is 0 Å². The smallest absolute Gasteiger partial charge is 0.407 e. The van der Waals surface area contributed by atoms with Gasteiger partial charge in [0, 0.05) is 19.0 Å². The van der Waals surface area contributed by atoms with Crippen molar-refractivity contribution in [3.05, 3.63) is 29.8 Å². The van der Waals surface area contributed by atoms with Gasteiger partial charge in [-0.15, -0.1) is 0 Å². The van der Waals surface area contributed by atoms with Gasteiger partial charge in [-0.25, -0.2) is 4.79 Å². The first-order valence-corrected chi connectivity index (χ1v) is 7.43. The number of hydrogen-bond acceptors (Lipinski definition) is 2. The summed E-state index contributed by atoms with van der Waals surface area (Å²) in [5, 5.41) is 8.96. The standard InChI is InChI=1S/C16H21NO3/c18-16(19)17-9-8-12(10-17)11-20-15-7-2-1-6-14(15)13-4-3-5-13/h1-2,6-7,12-13H,3-5,8-11H2,(H,18,19)/t12-/m0/s1. The van der Waals surface area contributed by atoms with Gasteiger partial charge in [-0.2, -0.15) is 0 Å². The minimum atomic E-state index is -0.817. The Bertz CT molecular complexity index is 484. The fourth-order valence-electron chi connectivity index (χ4n) is 3.02. The minimum Gasteiger partial charge on any atom is -0.493 e. The molecule has 2 aliphatic rings. The van der Waals surface area contributed by atoms with E-state index in [-0.39, 0.29) is 0 Å². The molecule has 0 unspecified atom stereocenters. The fraction of sp³-hybridized carbons (Fsp3) is 0.562. The Morgan fingerprint density at radius 1 is 1.30 bits per heavy atom. The molecule has 0 bridgehead atoms. The average molecular weight is 275 g/mol. The summed E-state index contributed by atoms with van der Waals surface area (Å²) in [6.45, 7) is 1.85. The number of para-hydroxylation sites is 1. The van der Waals surface area contributed by atoms with Crippen LogP contribution in [0.1, 0.15) is 37.2 Å². The molecule has 1 aromatic rings. The normalized spacial score (nSPS) is 22.6. The second kappa shape index (κ2) is 5.73. The molecule has 1 saturated heterocycles. The Morgan fingerprint density at radius 2 is 2.10 bits per heavy atom. The SMILES string of the molecule is O=C(O)N1CC[C@H](COc2ccccc2C2CCC2)C1. The van der Waals surface area contributed by atoms with E-state index in [9.17, 15) is 4.79 Å². The average Bonchev–Trinajstić information content (AvgIpc) is 2.85. The lowest BCUT2D eigenvalue weighted by Gasteiger charge is -2.28. The predicted molar refractivity (Wildman–Crippen MR) is 76.2 cm³/mol. The quantitative estimate of drug-likeness (QED) is 0.917. The zero-order chi connectivity index (χ0) is 13.9. The van der Waals surface area contributed by atoms with E-state index in [1.807, 2.05) is 12.1 Å². The van der Waals surface area contributed by atoms with Gasteiger partial charge >= 0.3 is 6.09 Å². The van der Waals surface area contributed by atoms with Gasteiger partial charge in [-0.1, -0.05) is 24.6 Å². The minimum absolute atomic E-state index is 0.320. The van der Waals surface area contributed by atoms with Gasteiger partial charge in [0.2, 0.25) is 0 Å². The maximum absolute atomic E-state index is 10.9. The molecule has 0 radical (unpaired) electrons. The molecule has 1 atom stereocenters. The van der Waals surface area contributed by atoms with Crippen LogP contribution in [-0.4, -0.2) is 35.8 Å². The van der Waals surface area contributed by atoms with E-state index in [1.54, 1.807) is 0 Å². The Morgan fingerprint density at radius 3 is 2.75 bits per heavy atom. The summed E-state index contributed by atoms with van der Waals surface area (Å²) in [5.41, 5.74) is 1.33. The Hall–Kier alpha value is -1.71. The lowest BCUT2D eigenvalue weighted by molar-refractivity contribution is 0.151. The maximum atomic E-state index is 10.9. The molecule has 1 aliphatic carbocycles. The molecule has 1 aliphatic heterocycles. The van der Waals surface area contributed by atoms with Crippen LogP contribution < -0.4 is 4.74 Å². The molecular formula is C16H21NO3. The third kappa shape index (κ3) is 2.74. The molecule has 0 spiro atoms. The zero-order valence-electron chi connectivity index (χ0n) is 11.6. The highest BCUT2D eigenvalue weighted by molar-refractivity contribution is 5.65. The third-order valence-electron chi connectivity index (χ3n) is 4.49. The van der Waals surface area contributed by atoms with E-state index < -0.39 is 6.09 Å². The number of nitrogens with zero attached hydrogens (tertiary/aromatic N) is 1. The third-order valence-corrected chi connectivity index (χ3v) is 4.49. The van der Waals surface area contributed by atoms with Gasteiger partial charge in [0.1, 0.15) is 5.75 Å². The van der Waals surface area contributed by atoms with Crippen molar-refractivity contribution < 1.29 is 14.6 Å². The summed E-state index contributed by atoms with van der Waals surface area (Å²) in [5.74, 6) is 1.97. The van der Waals surface area contributed by atoms with E-state index in [0.29, 0.717) is 31.5 Å². The van der Waals surface area contributed by atoms with Crippen LogP contribution in [0, 0.1) is 5.92 Å². The first-order chi connectivity index (χ1) is 9.74. The summed E-state index contributed by atoms with van der Waals surface area (Å²) in [7, 11) is 0. The van der Waals surface area contributed by atoms with Gasteiger partial charge in [0.15, 0.2) is 0 Å². The molecule has 1 heterocycles. The number of likely N-dealkylation sites (tertiary alicyclic amines) is 1. The second-order valence-corrected chi connectivity index (χ2v) is 5.86. The highest BCUT2D eigenvalue weighted by Gasteiger charge is 2.27. The van der Waals surface area contributed by atoms with Crippen LogP contribution in [0.4, 0.5) is 4.79 Å². The van der Waals surface area contributed by atoms with Crippen molar-refractivity contribution in [1.29, 1.82) is 0 Å². The second-order valence-electron chi connectivity index (χ2n) is 5.86. The Kier molecular flexibility index (Phi) is 3.81. The van der Waals surface area contributed by atoms with Gasteiger partial charge < -0.3 is 14.7 Å². The lowest BCUT2D eigenvalue weighted by atomic mass is 9.80. The van der Waals surface area contributed by atoms with Crippen LogP contribution in [0.25, 0.3) is 0 Å². The van der Waals surface area contributed by atoms with Crippen LogP contribution in [-0.2, 0) is 0 Å². The summed E-state index contributed by atoms with van der Waals surface area (Å²) in [6.07, 6.45) is 3.92. The van der Waals surface area contributed by atoms with Crippen molar-refractivity contribution in [2.75, 3.05) is 19.7 Å². The van der Waals surface area contributed by atoms with Crippen molar-refractivity contribution in [2.24, 2.45) is 5.92 Å². The summed E-state index contributed by atoms with van der Waals surface area (Å²) in [6, 6.07) is 8.28. The van der Waals surface area contributed by atoms with E-state index in [2.05, 4.69) is 12.1 Å². The fourth-order valence-corrected chi connectivity index (χ4v) is 3.02. The highest BCUT2D eigenvalue weighted by atomic mass is 16.5. The van der Waals surface area contributed by atoms with Crippen molar-refractivity contribution >= 4 is 6.09 Å². The summed E-state index contributed by atoms with van der Waals surface area (Å²) in [4.78, 5) is 12.4. The van der Waals surface area contributed by atoms with Crippen LogP contribution in [0.5, 0.6) is 5.75 Å². The van der Waals surface area contributed by atoms with Crippen LogP contribution in [0.15, 0.2) is 24.3 Å². The Balaban J connectivity index is 1.57. The molecule has 1 saturated carbocycles. The van der Waals surface area contributed by atoms with E-state index in [4.69, 9.17) is 9.84 Å². The summed E-state index contributed by atoms with van der Waals surface area (Å²) < 4.78 is 5.99. The monoisotopic (exact) mass is 275 g/mol. The molecule has 4 nitrogen and oxygen atoms in total. The van der Waals surface area contributed by atoms with Crippen molar-refractivity contribution in [3.8, 4) is 5.75 Å². The predicted octanol–water partition coefficient (Wildman–Crippen LogP) is 3.33. The molecule has 3 rings (SSSR count). The first kappa shape index (κ1) is 13.3. The number of carbonyl (C=O) groups is 1. The van der Waals surface area contributed by atoms with Crippen LogP contribution in [0.3, 0.4) is 0 Å². The molecule has 2 fully saturated rings. The van der Waals surface area contributed by atoms with E-state index in [1.165, 1.54) is 29.7 Å². The first-order valence-electron chi connectivity index (χ1n) is 7.43. The highest BCUT2D eigenvalue weighted by Crippen LogP contribution is 2.40. The zero-order valence-corrected chi connectivity index (χ0v) is 11.6. The maximum Gasteiger partial charge on any atom is 0.407 e. The number of rotatable bonds is 4. The number of benzene rings is 1. The number of ether oxygens (including phenoxy) is 1. The molecule has 20 heavy (non-hydrogen) atoms. The number of hydrogen-bond donors (Lipinski definition) is 1. The molecule has 1 N–H and O–H groups in total. The molecule has 4 heteroatoms. The van der Waals surface area contributed by atoms with Crippen molar-refractivity contribution in [2.45, 2.75) is 31.6 Å². The van der Waals surface area contributed by atoms with Crippen molar-refractivity contribution in [3.63, 3.8) is 0 Å². The molecule has 1 amide bonds. The molecule has 108 valence electrons. The van der Waals surface area contributed by atoms with E-state index >= 15 is 0 Å². The van der Waals surface area contributed by atoms with Gasteiger partial charge in [0.05, 0.1) is 6.61 Å². The van der Waals surface area contributed by atoms with Crippen LogP contribution in [0.2, 0.25) is 0 Å². The topological polar surface area (TPSA) is 49.8 Å². The van der Waals surface area contributed by atoms with Gasteiger partial charge in [0.25, 0.3) is 0 Å². The largest absolute Gasteiger partial charge is 0.493 e. The lowest BCUT2D eigenvalue weighted by Crippen LogP contribution is -2.27. The van der Waals surface area contributed by atoms with Crippen molar-refractivity contribution in [1.82, 2.24) is 4.90 Å². The molecular weight excluding hydrogens is 254 g/mol. The number of amides is 1. The summed E-state index contributed by atoms with van der Waals surface area (Å²) >= 11 is 0. The Labute approximate surface area is 119 Å². The molecule has 1 aromatic carbocycles. The van der Waals surface area contributed by atoms with Gasteiger partial charge in [-0.3, -0.25) is 0 Å². The number of carboxylic acid groups (broad SMARTS) is 1.